The van der Waals surface area contributed by atoms with E-state index in [-0.39, 0.29) is 18.3 Å². The van der Waals surface area contributed by atoms with Gasteiger partial charge in [0.25, 0.3) is 5.91 Å². The van der Waals surface area contributed by atoms with E-state index in [9.17, 15) is 4.79 Å². The van der Waals surface area contributed by atoms with Gasteiger partial charge in [0.05, 0.1) is 5.02 Å². The van der Waals surface area contributed by atoms with Gasteiger partial charge >= 0.3 is 0 Å². The molecular formula is C16H19Cl2N3OS. The Morgan fingerprint density at radius 2 is 2.04 bits per heavy atom. The second kappa shape index (κ2) is 8.11. The molecule has 0 radical (unpaired) electrons. The maximum Gasteiger partial charge on any atom is 0.273 e. The molecule has 1 fully saturated rings. The van der Waals surface area contributed by atoms with Gasteiger partial charge in [0, 0.05) is 30.1 Å². The molecule has 0 unspecified atom stereocenters. The van der Waals surface area contributed by atoms with E-state index in [1.54, 1.807) is 0 Å². The van der Waals surface area contributed by atoms with Gasteiger partial charge in [-0.25, -0.2) is 4.98 Å². The molecule has 0 bridgehead atoms. The first-order chi connectivity index (χ1) is 10.7. The van der Waals surface area contributed by atoms with Gasteiger partial charge in [-0.3, -0.25) is 4.79 Å². The first-order valence-corrected chi connectivity index (χ1v) is 8.62. The van der Waals surface area contributed by atoms with Crippen molar-refractivity contribution in [1.82, 2.24) is 15.2 Å². The molecule has 0 atom stereocenters. The van der Waals surface area contributed by atoms with Crippen molar-refractivity contribution in [2.24, 2.45) is 0 Å². The monoisotopic (exact) mass is 371 g/mol. The zero-order valence-electron chi connectivity index (χ0n) is 12.8. The largest absolute Gasteiger partial charge is 0.337 e. The lowest BCUT2D eigenvalue weighted by atomic mass is 10.1. The first-order valence-electron chi connectivity index (χ1n) is 7.36. The number of halogens is 2. The molecule has 1 aromatic carbocycles. The Balaban J connectivity index is 0.00000192. The molecule has 1 saturated heterocycles. The molecule has 1 aliphatic heterocycles. The lowest BCUT2D eigenvalue weighted by Crippen LogP contribution is -2.44. The number of hydrogen-bond acceptors (Lipinski definition) is 4. The van der Waals surface area contributed by atoms with Crippen molar-refractivity contribution >= 4 is 41.3 Å². The molecule has 1 aliphatic rings. The van der Waals surface area contributed by atoms with Crippen molar-refractivity contribution in [3.63, 3.8) is 0 Å². The summed E-state index contributed by atoms with van der Waals surface area (Å²) in [6.45, 7) is 1.56. The highest BCUT2D eigenvalue weighted by Crippen LogP contribution is 2.30. The van der Waals surface area contributed by atoms with E-state index in [0.717, 1.165) is 36.5 Å². The van der Waals surface area contributed by atoms with Gasteiger partial charge in [-0.05, 0) is 26.0 Å². The topological polar surface area (TPSA) is 45.2 Å². The highest BCUT2D eigenvalue weighted by atomic mass is 35.5. The fourth-order valence-corrected chi connectivity index (χ4v) is 3.78. The number of aromatic nitrogens is 1. The zero-order chi connectivity index (χ0) is 15.5. The Labute approximate surface area is 151 Å². The minimum atomic E-state index is 0. The Morgan fingerprint density at radius 1 is 1.35 bits per heavy atom. The smallest absolute Gasteiger partial charge is 0.273 e. The van der Waals surface area contributed by atoms with Crippen molar-refractivity contribution < 1.29 is 4.79 Å². The molecular weight excluding hydrogens is 353 g/mol. The summed E-state index contributed by atoms with van der Waals surface area (Å²) in [5.41, 5.74) is 1.39. The molecule has 0 saturated carbocycles. The SMILES string of the molecule is CNC1CCN(C(=O)c2csc(-c3ccccc3Cl)n2)CC1.Cl. The number of thiazole rings is 1. The standard InChI is InChI=1S/C16H18ClN3OS.ClH/c1-18-11-6-8-20(9-7-11)16(21)14-10-22-15(19-14)12-4-2-3-5-13(12)17;/h2-5,10-11,18H,6-9H2,1H3;1H. The molecule has 2 aromatic rings. The molecule has 3 rings (SSSR count). The summed E-state index contributed by atoms with van der Waals surface area (Å²) in [4.78, 5) is 18.9. The van der Waals surface area contributed by atoms with Crippen molar-refractivity contribution in [3.05, 3.63) is 40.4 Å². The Hall–Kier alpha value is -1.14. The minimum absolute atomic E-state index is 0. The third-order valence-corrected chi connectivity index (χ3v) is 5.22. The normalized spacial score (nSPS) is 15.3. The summed E-state index contributed by atoms with van der Waals surface area (Å²) >= 11 is 7.65. The molecule has 23 heavy (non-hydrogen) atoms. The summed E-state index contributed by atoms with van der Waals surface area (Å²) in [6, 6.07) is 8.08. The number of carbonyl (C=O) groups excluding carboxylic acids is 1. The maximum atomic E-state index is 12.5. The fraction of sp³-hybridized carbons (Fsp3) is 0.375. The number of nitrogens with zero attached hydrogens (tertiary/aromatic N) is 2. The van der Waals surface area contributed by atoms with Crippen LogP contribution in [0.15, 0.2) is 29.6 Å². The van der Waals surface area contributed by atoms with E-state index in [2.05, 4.69) is 10.3 Å². The summed E-state index contributed by atoms with van der Waals surface area (Å²) in [5, 5.41) is 6.54. The second-order valence-electron chi connectivity index (χ2n) is 5.37. The van der Waals surface area contributed by atoms with Gasteiger partial charge in [-0.15, -0.1) is 23.7 Å². The van der Waals surface area contributed by atoms with E-state index in [0.29, 0.717) is 16.8 Å². The van der Waals surface area contributed by atoms with Crippen LogP contribution in [0.2, 0.25) is 5.02 Å². The number of rotatable bonds is 3. The van der Waals surface area contributed by atoms with Crippen LogP contribution < -0.4 is 5.32 Å². The van der Waals surface area contributed by atoms with Crippen LogP contribution in [0.3, 0.4) is 0 Å². The molecule has 1 N–H and O–H groups in total. The van der Waals surface area contributed by atoms with Crippen molar-refractivity contribution in [1.29, 1.82) is 0 Å². The van der Waals surface area contributed by atoms with E-state index < -0.39 is 0 Å². The van der Waals surface area contributed by atoms with Gasteiger partial charge in [0.2, 0.25) is 0 Å². The maximum absolute atomic E-state index is 12.5. The summed E-state index contributed by atoms with van der Waals surface area (Å²) in [5.74, 6) is 0.0177. The van der Waals surface area contributed by atoms with Crippen LogP contribution in [0.4, 0.5) is 0 Å². The van der Waals surface area contributed by atoms with Gasteiger partial charge in [-0.1, -0.05) is 29.8 Å². The van der Waals surface area contributed by atoms with Crippen LogP contribution in [0.25, 0.3) is 10.6 Å². The average Bonchev–Trinajstić information content (AvgIpc) is 3.04. The molecule has 7 heteroatoms. The average molecular weight is 372 g/mol. The number of piperidine rings is 1. The number of likely N-dealkylation sites (tertiary alicyclic amines) is 1. The quantitative estimate of drug-likeness (QED) is 0.894. The number of nitrogens with one attached hydrogen (secondary N) is 1. The zero-order valence-corrected chi connectivity index (χ0v) is 15.2. The summed E-state index contributed by atoms with van der Waals surface area (Å²) in [6.07, 6.45) is 1.98. The Morgan fingerprint density at radius 3 is 2.70 bits per heavy atom. The summed E-state index contributed by atoms with van der Waals surface area (Å²) in [7, 11) is 1.97. The Bertz CT molecular complexity index is 669. The number of benzene rings is 1. The fourth-order valence-electron chi connectivity index (χ4n) is 2.66. The molecule has 0 spiro atoms. The molecule has 1 aromatic heterocycles. The predicted octanol–water partition coefficient (Wildman–Crippen LogP) is 3.71. The molecule has 124 valence electrons. The molecule has 1 amide bonds. The molecule has 2 heterocycles. The lowest BCUT2D eigenvalue weighted by molar-refractivity contribution is 0.0702. The van der Waals surface area contributed by atoms with Crippen LogP contribution in [-0.2, 0) is 0 Å². The van der Waals surface area contributed by atoms with Crippen molar-refractivity contribution in [2.75, 3.05) is 20.1 Å². The van der Waals surface area contributed by atoms with Gasteiger partial charge in [0.1, 0.15) is 10.7 Å². The molecule has 4 nitrogen and oxygen atoms in total. The highest BCUT2D eigenvalue weighted by molar-refractivity contribution is 7.13. The van der Waals surface area contributed by atoms with Gasteiger partial charge < -0.3 is 10.2 Å². The van der Waals surface area contributed by atoms with Crippen LogP contribution in [0.1, 0.15) is 23.3 Å². The van der Waals surface area contributed by atoms with Crippen LogP contribution >= 0.6 is 35.3 Å². The van der Waals surface area contributed by atoms with E-state index in [4.69, 9.17) is 11.6 Å². The minimum Gasteiger partial charge on any atom is -0.337 e. The number of amides is 1. The van der Waals surface area contributed by atoms with E-state index in [1.807, 2.05) is 41.6 Å². The van der Waals surface area contributed by atoms with E-state index >= 15 is 0 Å². The van der Waals surface area contributed by atoms with Crippen LogP contribution in [-0.4, -0.2) is 42.0 Å². The number of carbonyl (C=O) groups is 1. The third kappa shape index (κ3) is 4.04. The highest BCUT2D eigenvalue weighted by Gasteiger charge is 2.24. The van der Waals surface area contributed by atoms with E-state index in [1.165, 1.54) is 11.3 Å². The first kappa shape index (κ1) is 18.2. The lowest BCUT2D eigenvalue weighted by Gasteiger charge is -2.31. The van der Waals surface area contributed by atoms with Crippen molar-refractivity contribution in [3.8, 4) is 10.6 Å². The van der Waals surface area contributed by atoms with Gasteiger partial charge in [0.15, 0.2) is 0 Å². The Kier molecular flexibility index (Phi) is 6.41. The van der Waals surface area contributed by atoms with Crippen LogP contribution in [0.5, 0.6) is 0 Å². The predicted molar refractivity (Wildman–Crippen MR) is 97.8 cm³/mol. The molecule has 0 aliphatic carbocycles. The van der Waals surface area contributed by atoms with Crippen molar-refractivity contribution in [2.45, 2.75) is 18.9 Å². The third-order valence-electron chi connectivity index (χ3n) is 4.02. The van der Waals surface area contributed by atoms with Gasteiger partial charge in [-0.2, -0.15) is 0 Å². The number of hydrogen-bond donors (Lipinski definition) is 1. The summed E-state index contributed by atoms with van der Waals surface area (Å²) < 4.78 is 0. The second-order valence-corrected chi connectivity index (χ2v) is 6.64. The van der Waals surface area contributed by atoms with Crippen LogP contribution in [0, 0.1) is 0 Å².